The molecule has 0 aromatic heterocycles. The van der Waals surface area contributed by atoms with Crippen molar-refractivity contribution in [3.63, 3.8) is 0 Å². The Hall–Kier alpha value is -0.830. The number of carbonyl (C=O) groups is 1. The normalized spacial score (nSPS) is 11.6. The van der Waals surface area contributed by atoms with E-state index in [1.165, 1.54) is 76.8 Å². The maximum absolute atomic E-state index is 10.3. The van der Waals surface area contributed by atoms with Crippen molar-refractivity contribution in [2.24, 2.45) is 0 Å². The third kappa shape index (κ3) is 19.2. The van der Waals surface area contributed by atoms with Crippen LogP contribution in [0.1, 0.15) is 90.9 Å². The summed E-state index contributed by atoms with van der Waals surface area (Å²) in [6.45, 7) is 5.57. The molecule has 0 radical (unpaired) electrons. The number of nitrogens with one attached hydrogen (secondary N) is 1. The Morgan fingerprint density at radius 2 is 1.32 bits per heavy atom. The van der Waals surface area contributed by atoms with E-state index in [1.807, 2.05) is 0 Å². The SMILES string of the molecule is CC(C)NCCCCCCCCCCCCCC=CC(=O)O. The zero-order chi connectivity index (χ0) is 16.5. The molecule has 3 heteroatoms. The van der Waals surface area contributed by atoms with Crippen molar-refractivity contribution in [3.05, 3.63) is 12.2 Å². The summed E-state index contributed by atoms with van der Waals surface area (Å²) in [6, 6.07) is 0.619. The van der Waals surface area contributed by atoms with Crippen molar-refractivity contribution in [1.29, 1.82) is 0 Å². The summed E-state index contributed by atoms with van der Waals surface area (Å²) in [6.07, 6.45) is 18.5. The van der Waals surface area contributed by atoms with E-state index in [2.05, 4.69) is 19.2 Å². The molecule has 0 saturated carbocycles. The van der Waals surface area contributed by atoms with Crippen LogP contribution >= 0.6 is 0 Å². The van der Waals surface area contributed by atoms with Crippen LogP contribution in [-0.4, -0.2) is 23.7 Å². The van der Waals surface area contributed by atoms with Crippen LogP contribution in [0.3, 0.4) is 0 Å². The highest BCUT2D eigenvalue weighted by molar-refractivity contribution is 5.79. The standard InChI is InChI=1S/C19H37NO2/c1-18(2)20-17-15-13-11-9-7-5-3-4-6-8-10-12-14-16-19(21)22/h14,16,18,20H,3-13,15,17H2,1-2H3,(H,21,22). The summed E-state index contributed by atoms with van der Waals surface area (Å²) in [5.74, 6) is -0.837. The van der Waals surface area contributed by atoms with E-state index in [0.29, 0.717) is 6.04 Å². The molecule has 0 unspecified atom stereocenters. The molecule has 0 aromatic carbocycles. The predicted octanol–water partition coefficient (Wildman–Crippen LogP) is 5.31. The zero-order valence-corrected chi connectivity index (χ0v) is 14.8. The molecule has 0 aliphatic heterocycles. The predicted molar refractivity (Wildman–Crippen MR) is 95.3 cm³/mol. The first-order valence-electron chi connectivity index (χ1n) is 9.25. The molecule has 0 aliphatic rings. The molecule has 0 atom stereocenters. The topological polar surface area (TPSA) is 49.3 Å². The van der Waals surface area contributed by atoms with Gasteiger partial charge in [-0.25, -0.2) is 4.79 Å². The number of carboxylic acids is 1. The van der Waals surface area contributed by atoms with Crippen molar-refractivity contribution in [1.82, 2.24) is 5.32 Å². The molecule has 2 N–H and O–H groups in total. The van der Waals surface area contributed by atoms with E-state index in [0.717, 1.165) is 12.8 Å². The summed E-state index contributed by atoms with van der Waals surface area (Å²) in [5.41, 5.74) is 0. The second kappa shape index (κ2) is 16.5. The first kappa shape index (κ1) is 21.2. The average Bonchev–Trinajstić information content (AvgIpc) is 2.46. The first-order valence-corrected chi connectivity index (χ1v) is 9.25. The van der Waals surface area contributed by atoms with Gasteiger partial charge in [0.05, 0.1) is 0 Å². The van der Waals surface area contributed by atoms with Crippen LogP contribution in [0.4, 0.5) is 0 Å². The lowest BCUT2D eigenvalue weighted by atomic mass is 10.1. The van der Waals surface area contributed by atoms with Crippen LogP contribution in [0.2, 0.25) is 0 Å². The van der Waals surface area contributed by atoms with Gasteiger partial charge in [0.1, 0.15) is 0 Å². The summed E-state index contributed by atoms with van der Waals surface area (Å²) in [5, 5.41) is 11.9. The molecule has 0 aromatic rings. The molecule has 0 spiro atoms. The molecule has 3 nitrogen and oxygen atoms in total. The smallest absolute Gasteiger partial charge is 0.327 e. The number of allylic oxidation sites excluding steroid dienone is 1. The van der Waals surface area contributed by atoms with Gasteiger partial charge >= 0.3 is 5.97 Å². The molecule has 0 amide bonds. The van der Waals surface area contributed by atoms with Crippen molar-refractivity contribution < 1.29 is 9.90 Å². The minimum Gasteiger partial charge on any atom is -0.478 e. The number of aliphatic carboxylic acids is 1. The Morgan fingerprint density at radius 1 is 0.864 bits per heavy atom. The Kier molecular flexibility index (Phi) is 15.9. The quantitative estimate of drug-likeness (QED) is 0.300. The van der Waals surface area contributed by atoms with Crippen molar-refractivity contribution in [2.45, 2.75) is 96.9 Å². The van der Waals surface area contributed by atoms with Crippen LogP contribution in [0.5, 0.6) is 0 Å². The Balaban J connectivity index is 3.04. The number of hydrogen-bond acceptors (Lipinski definition) is 2. The Bertz CT molecular complexity index is 275. The Morgan fingerprint density at radius 3 is 1.77 bits per heavy atom. The molecule has 0 heterocycles. The fraction of sp³-hybridized carbons (Fsp3) is 0.842. The highest BCUT2D eigenvalue weighted by Gasteiger charge is 1.95. The fourth-order valence-electron chi connectivity index (χ4n) is 2.55. The molecular formula is C19H37NO2. The van der Waals surface area contributed by atoms with E-state index < -0.39 is 5.97 Å². The summed E-state index contributed by atoms with van der Waals surface area (Å²) in [4.78, 5) is 10.3. The van der Waals surface area contributed by atoms with Gasteiger partial charge in [0.2, 0.25) is 0 Å². The van der Waals surface area contributed by atoms with Crippen LogP contribution in [-0.2, 0) is 4.79 Å². The highest BCUT2D eigenvalue weighted by atomic mass is 16.4. The Labute approximate surface area is 137 Å². The van der Waals surface area contributed by atoms with E-state index in [9.17, 15) is 4.79 Å². The lowest BCUT2D eigenvalue weighted by Gasteiger charge is -2.07. The summed E-state index contributed by atoms with van der Waals surface area (Å²) >= 11 is 0. The number of carboxylic acid groups (broad SMARTS) is 1. The highest BCUT2D eigenvalue weighted by Crippen LogP contribution is 2.12. The molecular weight excluding hydrogens is 274 g/mol. The largest absolute Gasteiger partial charge is 0.478 e. The molecule has 0 bridgehead atoms. The van der Waals surface area contributed by atoms with Crippen LogP contribution in [0, 0.1) is 0 Å². The molecule has 0 saturated heterocycles. The van der Waals surface area contributed by atoms with E-state index in [-0.39, 0.29) is 0 Å². The number of unbranched alkanes of at least 4 members (excludes halogenated alkanes) is 11. The van der Waals surface area contributed by atoms with Gasteiger partial charge in [0.15, 0.2) is 0 Å². The molecule has 0 rings (SSSR count). The summed E-state index contributed by atoms with van der Waals surface area (Å²) in [7, 11) is 0. The monoisotopic (exact) mass is 311 g/mol. The maximum Gasteiger partial charge on any atom is 0.327 e. The van der Waals surface area contributed by atoms with E-state index in [1.54, 1.807) is 6.08 Å². The van der Waals surface area contributed by atoms with Crippen LogP contribution in [0.15, 0.2) is 12.2 Å². The lowest BCUT2D eigenvalue weighted by molar-refractivity contribution is -0.131. The van der Waals surface area contributed by atoms with Crippen LogP contribution in [0.25, 0.3) is 0 Å². The van der Waals surface area contributed by atoms with Crippen molar-refractivity contribution >= 4 is 5.97 Å². The molecule has 0 fully saturated rings. The van der Waals surface area contributed by atoms with Gasteiger partial charge in [-0.1, -0.05) is 77.7 Å². The number of rotatable bonds is 16. The van der Waals surface area contributed by atoms with E-state index >= 15 is 0 Å². The molecule has 130 valence electrons. The van der Waals surface area contributed by atoms with Gasteiger partial charge in [-0.15, -0.1) is 0 Å². The minimum absolute atomic E-state index is 0.619. The maximum atomic E-state index is 10.3. The van der Waals surface area contributed by atoms with Gasteiger partial charge in [-0.2, -0.15) is 0 Å². The van der Waals surface area contributed by atoms with Crippen molar-refractivity contribution in [3.8, 4) is 0 Å². The third-order valence-corrected chi connectivity index (χ3v) is 3.86. The third-order valence-electron chi connectivity index (χ3n) is 3.86. The van der Waals surface area contributed by atoms with Crippen molar-refractivity contribution in [2.75, 3.05) is 6.54 Å². The van der Waals surface area contributed by atoms with E-state index in [4.69, 9.17) is 5.11 Å². The number of hydrogen-bond donors (Lipinski definition) is 2. The average molecular weight is 312 g/mol. The van der Waals surface area contributed by atoms with Gasteiger partial charge in [0.25, 0.3) is 0 Å². The van der Waals surface area contributed by atoms with Gasteiger partial charge in [-0.05, 0) is 25.8 Å². The van der Waals surface area contributed by atoms with Gasteiger partial charge in [-0.3, -0.25) is 0 Å². The minimum atomic E-state index is -0.837. The van der Waals surface area contributed by atoms with Gasteiger partial charge in [0, 0.05) is 12.1 Å². The van der Waals surface area contributed by atoms with Crippen LogP contribution < -0.4 is 5.32 Å². The molecule has 0 aliphatic carbocycles. The lowest BCUT2D eigenvalue weighted by Crippen LogP contribution is -2.23. The second-order valence-corrected chi connectivity index (χ2v) is 6.53. The zero-order valence-electron chi connectivity index (χ0n) is 14.8. The molecule has 22 heavy (non-hydrogen) atoms. The first-order chi connectivity index (χ1) is 10.6. The van der Waals surface area contributed by atoms with Gasteiger partial charge < -0.3 is 10.4 Å². The second-order valence-electron chi connectivity index (χ2n) is 6.53. The fourth-order valence-corrected chi connectivity index (χ4v) is 2.55. The summed E-state index contributed by atoms with van der Waals surface area (Å²) < 4.78 is 0.